The van der Waals surface area contributed by atoms with Gasteiger partial charge in [-0.3, -0.25) is 9.69 Å². The molecule has 4 nitrogen and oxygen atoms in total. The van der Waals surface area contributed by atoms with Crippen LogP contribution in [0.3, 0.4) is 0 Å². The third kappa shape index (κ3) is 3.11. The van der Waals surface area contributed by atoms with Gasteiger partial charge in [0.2, 0.25) is 0 Å². The van der Waals surface area contributed by atoms with Crippen LogP contribution in [0.4, 0.5) is 15.8 Å². The molecule has 3 aromatic rings. The number of hydrogen-bond donors (Lipinski definition) is 1. The second-order valence-electron chi connectivity index (χ2n) is 6.14. The lowest BCUT2D eigenvalue weighted by atomic mass is 10.0. The number of methoxy groups -OCH3 is 1. The Bertz CT molecular complexity index is 1010. The average molecular weight is 383 g/mol. The summed E-state index contributed by atoms with van der Waals surface area (Å²) >= 11 is 5.96. The Morgan fingerprint density at radius 3 is 2.52 bits per heavy atom. The third-order valence-electron chi connectivity index (χ3n) is 4.54. The number of para-hydroxylation sites is 1. The summed E-state index contributed by atoms with van der Waals surface area (Å²) in [5.74, 6) is 0.00439. The van der Waals surface area contributed by atoms with Gasteiger partial charge < -0.3 is 10.1 Å². The molecule has 1 aliphatic heterocycles. The van der Waals surface area contributed by atoms with Gasteiger partial charge in [0, 0.05) is 11.4 Å². The predicted octanol–water partition coefficient (Wildman–Crippen LogP) is 5.26. The van der Waals surface area contributed by atoms with E-state index in [0.29, 0.717) is 11.3 Å². The van der Waals surface area contributed by atoms with Crippen LogP contribution in [0, 0.1) is 5.82 Å². The van der Waals surface area contributed by atoms with Crippen LogP contribution in [0.5, 0.6) is 5.75 Å². The fourth-order valence-electron chi connectivity index (χ4n) is 3.17. The molecular formula is C21H16ClFN2O2. The summed E-state index contributed by atoms with van der Waals surface area (Å²) in [4.78, 5) is 14.8. The highest BCUT2D eigenvalue weighted by Gasteiger charge is 2.34. The Kier molecular flexibility index (Phi) is 4.46. The molecule has 27 heavy (non-hydrogen) atoms. The van der Waals surface area contributed by atoms with Crippen molar-refractivity contribution < 1.29 is 13.9 Å². The molecule has 136 valence electrons. The number of rotatable bonds is 3. The molecular weight excluding hydrogens is 367 g/mol. The number of carbonyl (C=O) groups excluding carboxylic acids is 1. The quantitative estimate of drug-likeness (QED) is 0.671. The fraction of sp³-hybridized carbons (Fsp3) is 0.0952. The van der Waals surface area contributed by atoms with Crippen LogP contribution in [0.25, 0.3) is 0 Å². The van der Waals surface area contributed by atoms with Crippen LogP contribution in [-0.4, -0.2) is 13.0 Å². The fourth-order valence-corrected chi connectivity index (χ4v) is 3.35. The van der Waals surface area contributed by atoms with Crippen LogP contribution in [-0.2, 0) is 0 Å². The van der Waals surface area contributed by atoms with Gasteiger partial charge in [-0.05, 0) is 48.0 Å². The monoisotopic (exact) mass is 382 g/mol. The van der Waals surface area contributed by atoms with Crippen LogP contribution < -0.4 is 15.0 Å². The molecule has 0 saturated carbocycles. The van der Waals surface area contributed by atoms with Crippen LogP contribution in [0.15, 0.2) is 66.7 Å². The number of carbonyl (C=O) groups is 1. The van der Waals surface area contributed by atoms with Crippen molar-refractivity contribution >= 4 is 28.9 Å². The highest BCUT2D eigenvalue weighted by molar-refractivity contribution is 6.31. The van der Waals surface area contributed by atoms with Crippen molar-refractivity contribution in [3.63, 3.8) is 0 Å². The first-order chi connectivity index (χ1) is 13.1. The van der Waals surface area contributed by atoms with Gasteiger partial charge in [-0.1, -0.05) is 35.9 Å². The van der Waals surface area contributed by atoms with Crippen molar-refractivity contribution in [2.45, 2.75) is 6.17 Å². The highest BCUT2D eigenvalue weighted by atomic mass is 35.5. The minimum absolute atomic E-state index is 0.0346. The average Bonchev–Trinajstić information content (AvgIpc) is 2.70. The molecule has 0 aromatic heterocycles. The number of fused-ring (bicyclic) bond motifs is 1. The zero-order valence-electron chi connectivity index (χ0n) is 14.4. The number of halogens is 2. The molecule has 3 aromatic carbocycles. The van der Waals surface area contributed by atoms with Crippen molar-refractivity contribution in [2.75, 3.05) is 17.3 Å². The molecule has 0 unspecified atom stereocenters. The molecule has 0 fully saturated rings. The third-order valence-corrected chi connectivity index (χ3v) is 4.83. The molecule has 0 aliphatic carbocycles. The first kappa shape index (κ1) is 17.4. The molecule has 1 atom stereocenters. The Labute approximate surface area is 161 Å². The van der Waals surface area contributed by atoms with Crippen molar-refractivity contribution in [3.8, 4) is 5.75 Å². The second-order valence-corrected chi connectivity index (χ2v) is 6.55. The zero-order valence-corrected chi connectivity index (χ0v) is 15.2. The van der Waals surface area contributed by atoms with Crippen molar-refractivity contribution in [1.82, 2.24) is 0 Å². The molecule has 1 heterocycles. The summed E-state index contributed by atoms with van der Waals surface area (Å²) in [6.45, 7) is 0. The summed E-state index contributed by atoms with van der Waals surface area (Å²) < 4.78 is 18.9. The molecule has 6 heteroatoms. The number of amides is 1. The lowest BCUT2D eigenvalue weighted by Gasteiger charge is -2.38. The summed E-state index contributed by atoms with van der Waals surface area (Å²) in [5, 5.41) is 3.36. The van der Waals surface area contributed by atoms with E-state index in [1.165, 1.54) is 12.1 Å². The molecule has 0 spiro atoms. The number of benzene rings is 3. The lowest BCUT2D eigenvalue weighted by Crippen LogP contribution is -2.43. The molecule has 1 amide bonds. The number of nitrogens with one attached hydrogen (secondary N) is 1. The smallest absolute Gasteiger partial charge is 0.262 e. The van der Waals surface area contributed by atoms with Gasteiger partial charge in [0.25, 0.3) is 5.91 Å². The van der Waals surface area contributed by atoms with Gasteiger partial charge >= 0.3 is 0 Å². The van der Waals surface area contributed by atoms with E-state index in [9.17, 15) is 9.18 Å². The maximum Gasteiger partial charge on any atom is 0.262 e. The van der Waals surface area contributed by atoms with E-state index in [1.54, 1.807) is 24.1 Å². The maximum atomic E-state index is 13.6. The summed E-state index contributed by atoms with van der Waals surface area (Å²) in [7, 11) is 1.60. The number of nitrogens with zero attached hydrogens (tertiary/aromatic N) is 1. The molecule has 0 bridgehead atoms. The van der Waals surface area contributed by atoms with E-state index in [-0.39, 0.29) is 10.9 Å². The molecule has 1 N–H and O–H groups in total. The molecule has 0 saturated heterocycles. The van der Waals surface area contributed by atoms with Gasteiger partial charge in [-0.2, -0.15) is 0 Å². The molecule has 1 aliphatic rings. The number of hydrogen-bond acceptors (Lipinski definition) is 3. The maximum absolute atomic E-state index is 13.6. The summed E-state index contributed by atoms with van der Waals surface area (Å²) in [6.07, 6.45) is -0.472. The Morgan fingerprint density at radius 2 is 1.81 bits per heavy atom. The minimum Gasteiger partial charge on any atom is -0.497 e. The first-order valence-electron chi connectivity index (χ1n) is 8.36. The largest absolute Gasteiger partial charge is 0.497 e. The van der Waals surface area contributed by atoms with Gasteiger partial charge in [-0.15, -0.1) is 0 Å². The normalized spacial score (nSPS) is 15.9. The summed E-state index contributed by atoms with van der Waals surface area (Å²) in [5.41, 5.74) is 2.66. The molecule has 0 radical (unpaired) electrons. The Hall–Kier alpha value is -3.05. The number of ether oxygens (including phenoxy) is 1. The van der Waals surface area contributed by atoms with Crippen LogP contribution >= 0.6 is 11.6 Å². The predicted molar refractivity (Wildman–Crippen MR) is 104 cm³/mol. The minimum atomic E-state index is -0.528. The SMILES string of the molecule is COc1ccc([C@@H]2Nc3ccccc3C(=O)N2c2ccc(F)c(Cl)c2)cc1. The van der Waals surface area contributed by atoms with Gasteiger partial charge in [0.05, 0.1) is 17.7 Å². The summed E-state index contributed by atoms with van der Waals surface area (Å²) in [6, 6.07) is 19.0. The van der Waals surface area contributed by atoms with Gasteiger partial charge in [0.15, 0.2) is 0 Å². The second kappa shape index (κ2) is 6.93. The van der Waals surface area contributed by atoms with Crippen molar-refractivity contribution in [3.05, 3.63) is 88.7 Å². The van der Waals surface area contributed by atoms with Crippen LogP contribution in [0.2, 0.25) is 5.02 Å². The van der Waals surface area contributed by atoms with E-state index in [1.807, 2.05) is 42.5 Å². The van der Waals surface area contributed by atoms with E-state index < -0.39 is 12.0 Å². The van der Waals surface area contributed by atoms with Gasteiger partial charge in [-0.25, -0.2) is 4.39 Å². The standard InChI is InChI=1S/C21H16ClFN2O2/c1-27-15-9-6-13(7-10-15)20-24-19-5-3-2-4-16(19)21(26)25(20)14-8-11-18(23)17(22)12-14/h2-12,20,24H,1H3/t20-/m1/s1. The Morgan fingerprint density at radius 1 is 1.07 bits per heavy atom. The topological polar surface area (TPSA) is 41.6 Å². The molecule has 4 rings (SSSR count). The van der Waals surface area contributed by atoms with Crippen LogP contribution in [0.1, 0.15) is 22.1 Å². The highest BCUT2D eigenvalue weighted by Crippen LogP contribution is 2.38. The first-order valence-corrected chi connectivity index (χ1v) is 8.74. The van der Waals surface area contributed by atoms with E-state index in [4.69, 9.17) is 16.3 Å². The lowest BCUT2D eigenvalue weighted by molar-refractivity contribution is 0.0975. The zero-order chi connectivity index (χ0) is 19.0. The van der Waals surface area contributed by atoms with Gasteiger partial charge in [0.1, 0.15) is 17.7 Å². The van der Waals surface area contributed by atoms with Crippen molar-refractivity contribution in [2.24, 2.45) is 0 Å². The van der Waals surface area contributed by atoms with E-state index >= 15 is 0 Å². The van der Waals surface area contributed by atoms with E-state index in [2.05, 4.69) is 5.32 Å². The number of anilines is 2. The van der Waals surface area contributed by atoms with E-state index in [0.717, 1.165) is 17.0 Å². The Balaban J connectivity index is 1.84. The van der Waals surface area contributed by atoms with Crippen molar-refractivity contribution in [1.29, 1.82) is 0 Å².